The molecule has 0 saturated carbocycles. The number of amides is 1. The Morgan fingerprint density at radius 1 is 1.36 bits per heavy atom. The summed E-state index contributed by atoms with van der Waals surface area (Å²) in [5.41, 5.74) is 1.26. The Morgan fingerprint density at radius 2 is 2.14 bits per heavy atom. The molecule has 146 valence electrons. The van der Waals surface area contributed by atoms with Gasteiger partial charge in [-0.2, -0.15) is 4.52 Å². The van der Waals surface area contributed by atoms with Crippen LogP contribution in [0.25, 0.3) is 4.96 Å². The molecular weight excluding hydrogens is 398 g/mol. The molecule has 0 spiro atoms. The SMILES string of the molecule is CCc1nc2sc(N3CCC[C@@H]3C(=O)NCc3ccccc3)nn2c(=O)c1Cl. The van der Waals surface area contributed by atoms with Crippen LogP contribution in [0, 0.1) is 0 Å². The highest BCUT2D eigenvalue weighted by molar-refractivity contribution is 7.20. The van der Waals surface area contributed by atoms with Gasteiger partial charge in [0.1, 0.15) is 11.1 Å². The molecule has 0 unspecified atom stereocenters. The number of carbonyl (C=O) groups is 1. The fourth-order valence-electron chi connectivity index (χ4n) is 3.38. The summed E-state index contributed by atoms with van der Waals surface area (Å²) in [6.07, 6.45) is 2.22. The molecule has 3 aromatic rings. The van der Waals surface area contributed by atoms with Gasteiger partial charge in [0.2, 0.25) is 16.0 Å². The van der Waals surface area contributed by atoms with Crippen molar-refractivity contribution in [3.63, 3.8) is 0 Å². The van der Waals surface area contributed by atoms with E-state index in [2.05, 4.69) is 15.4 Å². The molecule has 1 atom stereocenters. The van der Waals surface area contributed by atoms with Crippen molar-refractivity contribution < 1.29 is 4.79 Å². The first-order chi connectivity index (χ1) is 13.6. The number of carbonyl (C=O) groups excluding carboxylic acids is 1. The summed E-state index contributed by atoms with van der Waals surface area (Å²) in [5, 5.41) is 8.13. The minimum absolute atomic E-state index is 0.0341. The number of hydrogen-bond donors (Lipinski definition) is 1. The molecule has 28 heavy (non-hydrogen) atoms. The number of nitrogens with zero attached hydrogens (tertiary/aromatic N) is 4. The lowest BCUT2D eigenvalue weighted by Gasteiger charge is -2.22. The number of aryl methyl sites for hydroxylation is 1. The monoisotopic (exact) mass is 417 g/mol. The van der Waals surface area contributed by atoms with Gasteiger partial charge in [-0.15, -0.1) is 5.10 Å². The normalized spacial score (nSPS) is 16.6. The lowest BCUT2D eigenvalue weighted by atomic mass is 10.2. The van der Waals surface area contributed by atoms with Crippen molar-refractivity contribution >= 4 is 38.9 Å². The van der Waals surface area contributed by atoms with Crippen LogP contribution in [0.4, 0.5) is 5.13 Å². The van der Waals surface area contributed by atoms with Crippen molar-refractivity contribution in [2.45, 2.75) is 38.8 Å². The summed E-state index contributed by atoms with van der Waals surface area (Å²) in [6.45, 7) is 3.10. The Kier molecular flexibility index (Phi) is 5.32. The van der Waals surface area contributed by atoms with Crippen LogP contribution in [0.1, 0.15) is 31.0 Å². The molecule has 3 heterocycles. The molecule has 1 saturated heterocycles. The van der Waals surface area contributed by atoms with Crippen LogP contribution >= 0.6 is 22.9 Å². The summed E-state index contributed by atoms with van der Waals surface area (Å²) in [6, 6.07) is 9.50. The van der Waals surface area contributed by atoms with Crippen LogP contribution in [-0.4, -0.2) is 33.1 Å². The van der Waals surface area contributed by atoms with E-state index in [1.807, 2.05) is 42.2 Å². The van der Waals surface area contributed by atoms with E-state index in [9.17, 15) is 9.59 Å². The Morgan fingerprint density at radius 3 is 2.89 bits per heavy atom. The van der Waals surface area contributed by atoms with Crippen LogP contribution < -0.4 is 15.8 Å². The van der Waals surface area contributed by atoms with Crippen molar-refractivity contribution in [2.24, 2.45) is 0 Å². The average Bonchev–Trinajstić information content (AvgIpc) is 3.36. The number of halogens is 1. The van der Waals surface area contributed by atoms with Gasteiger partial charge in [-0.3, -0.25) is 9.59 Å². The fraction of sp³-hybridized carbons (Fsp3) is 0.368. The van der Waals surface area contributed by atoms with Gasteiger partial charge in [0.25, 0.3) is 5.56 Å². The van der Waals surface area contributed by atoms with Crippen molar-refractivity contribution in [2.75, 3.05) is 11.4 Å². The molecule has 1 aliphatic heterocycles. The van der Waals surface area contributed by atoms with E-state index in [0.29, 0.717) is 35.3 Å². The van der Waals surface area contributed by atoms with Gasteiger partial charge < -0.3 is 10.2 Å². The zero-order valence-corrected chi connectivity index (χ0v) is 17.0. The van der Waals surface area contributed by atoms with Crippen molar-refractivity contribution in [3.05, 3.63) is 57.0 Å². The smallest absolute Gasteiger partial charge is 0.294 e. The molecular formula is C19H20ClN5O2S. The summed E-state index contributed by atoms with van der Waals surface area (Å²) in [5.74, 6) is -0.0341. The third-order valence-corrected chi connectivity index (χ3v) is 6.18. The second-order valence-corrected chi connectivity index (χ2v) is 7.98. The maximum atomic E-state index is 12.8. The standard InChI is InChI=1S/C19H20ClN5O2S/c1-2-13-15(20)17(27)25-18(22-13)28-19(23-25)24-10-6-9-14(24)16(26)21-11-12-7-4-3-5-8-12/h3-5,7-8,14H,2,6,9-11H2,1H3,(H,21,26)/t14-/m1/s1. The Hall–Kier alpha value is -2.45. The maximum absolute atomic E-state index is 12.8. The van der Waals surface area contributed by atoms with Gasteiger partial charge in [0, 0.05) is 13.1 Å². The number of hydrogen-bond acceptors (Lipinski definition) is 6. The van der Waals surface area contributed by atoms with Crippen LogP contribution in [0.3, 0.4) is 0 Å². The van der Waals surface area contributed by atoms with E-state index in [1.54, 1.807) is 0 Å². The number of aromatic nitrogens is 3. The molecule has 0 bridgehead atoms. The number of benzene rings is 1. The van der Waals surface area contributed by atoms with Gasteiger partial charge in [0.05, 0.1) is 5.69 Å². The number of fused-ring (bicyclic) bond motifs is 1. The molecule has 1 N–H and O–H groups in total. The van der Waals surface area contributed by atoms with Crippen molar-refractivity contribution in [3.8, 4) is 0 Å². The second-order valence-electron chi connectivity index (χ2n) is 6.67. The zero-order chi connectivity index (χ0) is 19.7. The highest BCUT2D eigenvalue weighted by atomic mass is 35.5. The molecule has 1 aliphatic rings. The van der Waals surface area contributed by atoms with E-state index < -0.39 is 0 Å². The second kappa shape index (κ2) is 7.89. The average molecular weight is 418 g/mol. The highest BCUT2D eigenvalue weighted by Gasteiger charge is 2.33. The topological polar surface area (TPSA) is 79.6 Å². The summed E-state index contributed by atoms with van der Waals surface area (Å²) in [7, 11) is 0. The van der Waals surface area contributed by atoms with E-state index in [4.69, 9.17) is 11.6 Å². The van der Waals surface area contributed by atoms with E-state index in [1.165, 1.54) is 15.9 Å². The molecule has 4 rings (SSSR count). The fourth-order valence-corrected chi connectivity index (χ4v) is 4.62. The largest absolute Gasteiger partial charge is 0.350 e. The van der Waals surface area contributed by atoms with Gasteiger partial charge in [-0.1, -0.05) is 60.2 Å². The predicted molar refractivity (Wildman–Crippen MR) is 110 cm³/mol. The van der Waals surface area contributed by atoms with Crippen molar-refractivity contribution in [1.82, 2.24) is 19.9 Å². The Bertz CT molecular complexity index is 1070. The minimum atomic E-state index is -0.365. The van der Waals surface area contributed by atoms with E-state index in [-0.39, 0.29) is 22.5 Å². The van der Waals surface area contributed by atoms with Crippen LogP contribution in [0.2, 0.25) is 5.02 Å². The first-order valence-corrected chi connectivity index (χ1v) is 10.4. The number of nitrogens with one attached hydrogen (secondary N) is 1. The summed E-state index contributed by atoms with van der Waals surface area (Å²) < 4.78 is 1.23. The first-order valence-electron chi connectivity index (χ1n) is 9.25. The molecule has 1 amide bonds. The molecule has 2 aromatic heterocycles. The molecule has 0 aliphatic carbocycles. The zero-order valence-electron chi connectivity index (χ0n) is 15.4. The molecule has 9 heteroatoms. The van der Waals surface area contributed by atoms with Crippen molar-refractivity contribution in [1.29, 1.82) is 0 Å². The molecule has 1 fully saturated rings. The number of rotatable bonds is 5. The lowest BCUT2D eigenvalue weighted by molar-refractivity contribution is -0.122. The molecule has 1 aromatic carbocycles. The van der Waals surface area contributed by atoms with Gasteiger partial charge >= 0.3 is 0 Å². The first kappa shape index (κ1) is 18.9. The number of anilines is 1. The van der Waals surface area contributed by atoms with E-state index in [0.717, 1.165) is 18.4 Å². The molecule has 0 radical (unpaired) electrons. The van der Waals surface area contributed by atoms with Crippen LogP contribution in [-0.2, 0) is 17.8 Å². The maximum Gasteiger partial charge on any atom is 0.294 e. The van der Waals surface area contributed by atoms with Crippen LogP contribution in [0.5, 0.6) is 0 Å². The predicted octanol–water partition coefficient (Wildman–Crippen LogP) is 2.65. The highest BCUT2D eigenvalue weighted by Crippen LogP contribution is 2.29. The minimum Gasteiger partial charge on any atom is -0.350 e. The van der Waals surface area contributed by atoms with Gasteiger partial charge in [0.15, 0.2) is 0 Å². The summed E-state index contributed by atoms with van der Waals surface area (Å²) in [4.78, 5) is 32.1. The Labute approximate surface area is 171 Å². The van der Waals surface area contributed by atoms with Crippen LogP contribution in [0.15, 0.2) is 35.1 Å². The quantitative estimate of drug-likeness (QED) is 0.690. The third-order valence-electron chi connectivity index (χ3n) is 4.86. The Balaban J connectivity index is 1.57. The van der Waals surface area contributed by atoms with Gasteiger partial charge in [-0.05, 0) is 24.8 Å². The van der Waals surface area contributed by atoms with E-state index >= 15 is 0 Å². The van der Waals surface area contributed by atoms with Gasteiger partial charge in [-0.25, -0.2) is 4.98 Å². The summed E-state index contributed by atoms with van der Waals surface area (Å²) >= 11 is 7.42. The third kappa shape index (κ3) is 3.49. The molecule has 7 nitrogen and oxygen atoms in total. The lowest BCUT2D eigenvalue weighted by Crippen LogP contribution is -2.43.